The summed E-state index contributed by atoms with van der Waals surface area (Å²) in [6.07, 6.45) is 5.88. The van der Waals surface area contributed by atoms with E-state index in [2.05, 4.69) is 15.6 Å². The summed E-state index contributed by atoms with van der Waals surface area (Å²) in [6.45, 7) is 4.17. The number of amides is 1. The number of ether oxygens (including phenoxy) is 1. The maximum absolute atomic E-state index is 12.2. The van der Waals surface area contributed by atoms with E-state index in [9.17, 15) is 4.79 Å². The number of carbonyl (C=O) groups is 1. The minimum atomic E-state index is 0.00115. The Kier molecular flexibility index (Phi) is 8.79. The Morgan fingerprint density at radius 2 is 1.96 bits per heavy atom. The molecule has 144 valence electrons. The predicted molar refractivity (Wildman–Crippen MR) is 106 cm³/mol. The Balaban J connectivity index is 1.77. The van der Waals surface area contributed by atoms with Crippen LogP contribution in [-0.4, -0.2) is 56.1 Å². The molecule has 26 heavy (non-hydrogen) atoms. The fourth-order valence-corrected chi connectivity index (χ4v) is 3.06. The second-order valence-corrected chi connectivity index (χ2v) is 6.66. The maximum atomic E-state index is 12.2. The molecule has 1 aromatic rings. The van der Waals surface area contributed by atoms with E-state index in [0.717, 1.165) is 31.1 Å². The first-order valence-corrected chi connectivity index (χ1v) is 9.65. The number of guanidine groups is 1. The Morgan fingerprint density at radius 1 is 1.23 bits per heavy atom. The van der Waals surface area contributed by atoms with Crippen LogP contribution in [0.15, 0.2) is 35.3 Å². The Bertz CT molecular complexity index is 556. The molecule has 0 atom stereocenters. The van der Waals surface area contributed by atoms with Crippen LogP contribution < -0.4 is 15.4 Å². The minimum Gasteiger partial charge on any atom is -0.492 e. The van der Waals surface area contributed by atoms with Gasteiger partial charge in [0.1, 0.15) is 18.9 Å². The maximum Gasteiger partial charge on any atom is 0.242 e. The summed E-state index contributed by atoms with van der Waals surface area (Å²) in [6, 6.07) is 10.1. The van der Waals surface area contributed by atoms with E-state index < -0.39 is 0 Å². The number of para-hydroxylation sites is 1. The van der Waals surface area contributed by atoms with Crippen LogP contribution in [0.4, 0.5) is 0 Å². The van der Waals surface area contributed by atoms with Gasteiger partial charge >= 0.3 is 0 Å². The van der Waals surface area contributed by atoms with Gasteiger partial charge in [0.15, 0.2) is 5.96 Å². The number of hydrogen-bond acceptors (Lipinski definition) is 3. The van der Waals surface area contributed by atoms with Crippen LogP contribution >= 0.6 is 0 Å². The summed E-state index contributed by atoms with van der Waals surface area (Å²) < 4.78 is 5.73. The highest BCUT2D eigenvalue weighted by Crippen LogP contribution is 2.17. The summed E-state index contributed by atoms with van der Waals surface area (Å²) in [4.78, 5) is 18.6. The van der Waals surface area contributed by atoms with Crippen LogP contribution in [0.5, 0.6) is 5.75 Å². The molecule has 6 heteroatoms. The van der Waals surface area contributed by atoms with Crippen molar-refractivity contribution < 1.29 is 9.53 Å². The quantitative estimate of drug-likeness (QED) is 0.552. The average molecular weight is 361 g/mol. The lowest BCUT2D eigenvalue weighted by atomic mass is 9.95. The van der Waals surface area contributed by atoms with Gasteiger partial charge in [-0.2, -0.15) is 0 Å². The highest BCUT2D eigenvalue weighted by Gasteiger charge is 2.15. The van der Waals surface area contributed by atoms with Gasteiger partial charge in [0.05, 0.1) is 6.54 Å². The van der Waals surface area contributed by atoms with Crippen LogP contribution in [0.1, 0.15) is 39.0 Å². The van der Waals surface area contributed by atoms with E-state index in [1.165, 1.54) is 19.3 Å². The number of carbonyl (C=O) groups excluding carboxylic acids is 1. The van der Waals surface area contributed by atoms with Gasteiger partial charge in [-0.1, -0.05) is 37.5 Å². The molecular weight excluding hydrogens is 328 g/mol. The van der Waals surface area contributed by atoms with Crippen molar-refractivity contribution in [2.75, 3.05) is 33.3 Å². The molecule has 2 N–H and O–H groups in total. The molecule has 6 nitrogen and oxygen atoms in total. The summed E-state index contributed by atoms with van der Waals surface area (Å²) in [5, 5.41) is 6.33. The van der Waals surface area contributed by atoms with Gasteiger partial charge in [-0.15, -0.1) is 0 Å². The molecule has 1 aromatic carbocycles. The van der Waals surface area contributed by atoms with Gasteiger partial charge in [-0.05, 0) is 31.9 Å². The van der Waals surface area contributed by atoms with Crippen molar-refractivity contribution in [3.63, 3.8) is 0 Å². The van der Waals surface area contributed by atoms with Crippen molar-refractivity contribution in [2.45, 2.75) is 45.1 Å². The molecule has 1 aliphatic rings. The van der Waals surface area contributed by atoms with E-state index in [0.29, 0.717) is 19.2 Å². The molecule has 0 spiro atoms. The number of likely N-dealkylation sites (N-methyl/N-ethyl adjacent to an activating group) is 1. The fraction of sp³-hybridized carbons (Fsp3) is 0.600. The number of hydrogen-bond donors (Lipinski definition) is 2. The van der Waals surface area contributed by atoms with Crippen molar-refractivity contribution in [3.05, 3.63) is 30.3 Å². The molecular formula is C20H32N4O2. The van der Waals surface area contributed by atoms with Gasteiger partial charge in [0, 0.05) is 19.6 Å². The first-order chi connectivity index (χ1) is 12.7. The van der Waals surface area contributed by atoms with Crippen molar-refractivity contribution in [1.29, 1.82) is 0 Å². The van der Waals surface area contributed by atoms with E-state index in [4.69, 9.17) is 4.74 Å². The fourth-order valence-electron chi connectivity index (χ4n) is 3.06. The van der Waals surface area contributed by atoms with Crippen molar-refractivity contribution in [1.82, 2.24) is 15.5 Å². The molecule has 1 amide bonds. The monoisotopic (exact) mass is 360 g/mol. The highest BCUT2D eigenvalue weighted by molar-refractivity contribution is 5.85. The van der Waals surface area contributed by atoms with Gasteiger partial charge in [-0.3, -0.25) is 4.79 Å². The summed E-state index contributed by atoms with van der Waals surface area (Å²) in [7, 11) is 1.95. The van der Waals surface area contributed by atoms with Crippen molar-refractivity contribution >= 4 is 11.9 Å². The zero-order chi connectivity index (χ0) is 18.6. The molecule has 0 aliphatic heterocycles. The standard InChI is InChI=1S/C20H32N4O2/c1-3-21-20(22-16-19(25)23-17-10-6-4-7-11-17)24(2)14-15-26-18-12-8-5-9-13-18/h5,8-9,12-13,17H,3-4,6-7,10-11,14-16H2,1-2H3,(H,21,22)(H,23,25). The molecule has 0 unspecified atom stereocenters. The molecule has 0 heterocycles. The predicted octanol–water partition coefficient (Wildman–Crippen LogP) is 2.41. The third-order valence-corrected chi connectivity index (χ3v) is 4.48. The van der Waals surface area contributed by atoms with E-state index in [1.807, 2.05) is 49.2 Å². The zero-order valence-corrected chi connectivity index (χ0v) is 16.0. The van der Waals surface area contributed by atoms with E-state index in [1.54, 1.807) is 0 Å². The number of nitrogens with one attached hydrogen (secondary N) is 2. The van der Waals surface area contributed by atoms with Crippen LogP contribution in [0, 0.1) is 0 Å². The van der Waals surface area contributed by atoms with Crippen LogP contribution in [0.2, 0.25) is 0 Å². The van der Waals surface area contributed by atoms with Gasteiger partial charge in [0.25, 0.3) is 0 Å². The SMILES string of the molecule is CCNC(=NCC(=O)NC1CCCCC1)N(C)CCOc1ccccc1. The summed E-state index contributed by atoms with van der Waals surface area (Å²) in [5.41, 5.74) is 0. The van der Waals surface area contributed by atoms with Crippen LogP contribution in [0.25, 0.3) is 0 Å². The first-order valence-electron chi connectivity index (χ1n) is 9.65. The number of aliphatic imine (C=N–C) groups is 1. The molecule has 0 bridgehead atoms. The Labute approximate surface area is 157 Å². The van der Waals surface area contributed by atoms with Gasteiger partial charge in [0.2, 0.25) is 5.91 Å². The highest BCUT2D eigenvalue weighted by atomic mass is 16.5. The molecule has 1 aliphatic carbocycles. The second-order valence-electron chi connectivity index (χ2n) is 6.66. The minimum absolute atomic E-state index is 0.00115. The Morgan fingerprint density at radius 3 is 2.65 bits per heavy atom. The largest absolute Gasteiger partial charge is 0.492 e. The summed E-state index contributed by atoms with van der Waals surface area (Å²) in [5.74, 6) is 1.58. The molecule has 1 fully saturated rings. The normalized spacial score (nSPS) is 15.4. The van der Waals surface area contributed by atoms with Crippen molar-refractivity contribution in [2.24, 2.45) is 4.99 Å². The molecule has 0 saturated heterocycles. The average Bonchev–Trinajstić information content (AvgIpc) is 2.66. The zero-order valence-electron chi connectivity index (χ0n) is 16.0. The van der Waals surface area contributed by atoms with Crippen LogP contribution in [-0.2, 0) is 4.79 Å². The Hall–Kier alpha value is -2.24. The molecule has 0 aromatic heterocycles. The molecule has 1 saturated carbocycles. The van der Waals surface area contributed by atoms with Crippen LogP contribution in [0.3, 0.4) is 0 Å². The topological polar surface area (TPSA) is 66.0 Å². The molecule has 2 rings (SSSR count). The van der Waals surface area contributed by atoms with E-state index >= 15 is 0 Å². The van der Waals surface area contributed by atoms with Gasteiger partial charge < -0.3 is 20.3 Å². The lowest BCUT2D eigenvalue weighted by Gasteiger charge is -2.23. The number of nitrogens with zero attached hydrogens (tertiary/aromatic N) is 2. The summed E-state index contributed by atoms with van der Waals surface area (Å²) >= 11 is 0. The van der Waals surface area contributed by atoms with E-state index in [-0.39, 0.29) is 12.5 Å². The first kappa shape index (κ1) is 20.1. The number of benzene rings is 1. The lowest BCUT2D eigenvalue weighted by Crippen LogP contribution is -2.42. The molecule has 0 radical (unpaired) electrons. The smallest absolute Gasteiger partial charge is 0.242 e. The lowest BCUT2D eigenvalue weighted by molar-refractivity contribution is -0.120. The van der Waals surface area contributed by atoms with Crippen molar-refractivity contribution in [3.8, 4) is 5.75 Å². The third kappa shape index (κ3) is 7.33. The van der Waals surface area contributed by atoms with Gasteiger partial charge in [-0.25, -0.2) is 4.99 Å². The third-order valence-electron chi connectivity index (χ3n) is 4.48. The number of rotatable bonds is 8. The second kappa shape index (κ2) is 11.4.